The van der Waals surface area contributed by atoms with Gasteiger partial charge >= 0.3 is 0 Å². The topological polar surface area (TPSA) is 17.0 Å². The standard InChI is InChI=1S/C41H44N2/c1-9-13-31(7)43-39(14-10-2)32(8)38-25-35(19-20-40(38)43)34-17-12-16-33(24-34)29(5)26-42-30(6)23-37-22-27(3)21-36-18-11-15-28(4)41(36)37/h10-20,23-26,42H,3,6,9,21-22H2,1-2,4-5,7-8H3/b14-10-,29-26-,31-13+,37-23-. The number of hydrogen-bond acceptors (Lipinski definition) is 1. The Morgan fingerprint density at radius 3 is 2.51 bits per heavy atom. The molecule has 5 rings (SSSR count). The molecular formula is C41H44N2. The lowest BCUT2D eigenvalue weighted by Gasteiger charge is -2.23. The van der Waals surface area contributed by atoms with E-state index in [9.17, 15) is 0 Å². The van der Waals surface area contributed by atoms with Crippen molar-refractivity contribution >= 4 is 33.8 Å². The number of rotatable bonds is 8. The number of fused-ring (bicyclic) bond motifs is 2. The fourth-order valence-corrected chi connectivity index (χ4v) is 6.40. The van der Waals surface area contributed by atoms with Crippen LogP contribution in [0.15, 0.2) is 110 Å². The fourth-order valence-electron chi connectivity index (χ4n) is 6.40. The third-order valence-electron chi connectivity index (χ3n) is 8.48. The summed E-state index contributed by atoms with van der Waals surface area (Å²) in [7, 11) is 0. The van der Waals surface area contributed by atoms with Gasteiger partial charge in [0.15, 0.2) is 0 Å². The molecule has 2 heteroatoms. The van der Waals surface area contributed by atoms with E-state index in [1.54, 1.807) is 0 Å². The maximum Gasteiger partial charge on any atom is 0.0534 e. The molecule has 1 heterocycles. The van der Waals surface area contributed by atoms with Gasteiger partial charge < -0.3 is 9.88 Å². The van der Waals surface area contributed by atoms with Crippen LogP contribution in [0.2, 0.25) is 0 Å². The highest BCUT2D eigenvalue weighted by atomic mass is 15.0. The number of aromatic nitrogens is 1. The summed E-state index contributed by atoms with van der Waals surface area (Å²) >= 11 is 0. The maximum atomic E-state index is 4.32. The molecule has 0 aliphatic heterocycles. The van der Waals surface area contributed by atoms with Gasteiger partial charge in [-0.15, -0.1) is 0 Å². The maximum absolute atomic E-state index is 4.32. The number of nitrogens with one attached hydrogen (secondary N) is 1. The minimum absolute atomic E-state index is 0.879. The Morgan fingerprint density at radius 2 is 1.74 bits per heavy atom. The van der Waals surface area contributed by atoms with Gasteiger partial charge in [-0.3, -0.25) is 0 Å². The Kier molecular flexibility index (Phi) is 8.87. The Balaban J connectivity index is 1.42. The molecule has 4 aromatic rings. The summed E-state index contributed by atoms with van der Waals surface area (Å²) in [5.41, 5.74) is 17.3. The molecule has 3 aromatic carbocycles. The molecule has 43 heavy (non-hydrogen) atoms. The first kappa shape index (κ1) is 29.9. The van der Waals surface area contributed by atoms with E-state index >= 15 is 0 Å². The highest BCUT2D eigenvalue weighted by molar-refractivity contribution is 5.94. The molecular weight excluding hydrogens is 520 g/mol. The van der Waals surface area contributed by atoms with Crippen molar-refractivity contribution in [3.05, 3.63) is 143 Å². The summed E-state index contributed by atoms with van der Waals surface area (Å²) in [5.74, 6) is 0. The van der Waals surface area contributed by atoms with Gasteiger partial charge in [-0.05, 0) is 134 Å². The first-order valence-corrected chi connectivity index (χ1v) is 15.4. The number of benzene rings is 3. The second kappa shape index (κ2) is 12.8. The van der Waals surface area contributed by atoms with Crippen molar-refractivity contribution in [2.24, 2.45) is 0 Å². The predicted octanol–water partition coefficient (Wildman–Crippen LogP) is 11.3. The van der Waals surface area contributed by atoms with Crippen LogP contribution in [0.3, 0.4) is 0 Å². The highest BCUT2D eigenvalue weighted by Crippen LogP contribution is 2.36. The lowest BCUT2D eigenvalue weighted by Crippen LogP contribution is -2.08. The van der Waals surface area contributed by atoms with E-state index in [-0.39, 0.29) is 0 Å². The molecule has 1 N–H and O–H groups in total. The molecule has 0 spiro atoms. The lowest BCUT2D eigenvalue weighted by atomic mass is 9.82. The van der Waals surface area contributed by atoms with Crippen molar-refractivity contribution in [1.29, 1.82) is 0 Å². The molecule has 0 unspecified atom stereocenters. The molecule has 0 atom stereocenters. The lowest BCUT2D eigenvalue weighted by molar-refractivity contribution is 1.02. The van der Waals surface area contributed by atoms with Crippen molar-refractivity contribution in [3.8, 4) is 11.1 Å². The molecule has 1 aromatic heterocycles. The van der Waals surface area contributed by atoms with E-state index in [4.69, 9.17) is 0 Å². The number of hydrogen-bond donors (Lipinski definition) is 1. The van der Waals surface area contributed by atoms with E-state index in [0.717, 1.165) is 30.5 Å². The SMILES string of the molecule is C=C1C/C(=C/C(=C)N/C=C(/C)c2cccc(-c3ccc4c(c3)c(C)c(/C=C\C)n4/C(C)=C/CC)c2)c2c(C)cccc2C1. The van der Waals surface area contributed by atoms with Crippen LogP contribution in [-0.4, -0.2) is 4.57 Å². The van der Waals surface area contributed by atoms with Crippen LogP contribution in [-0.2, 0) is 6.42 Å². The van der Waals surface area contributed by atoms with Crippen LogP contribution in [0.4, 0.5) is 0 Å². The molecule has 1 aliphatic carbocycles. The average Bonchev–Trinajstić information content (AvgIpc) is 3.26. The zero-order valence-electron chi connectivity index (χ0n) is 26.6. The second-order valence-electron chi connectivity index (χ2n) is 11.8. The molecule has 0 saturated heterocycles. The summed E-state index contributed by atoms with van der Waals surface area (Å²) < 4.78 is 2.39. The molecule has 2 nitrogen and oxygen atoms in total. The number of allylic oxidation sites excluding steroid dienone is 7. The molecule has 0 saturated carbocycles. The zero-order chi connectivity index (χ0) is 30.7. The highest BCUT2D eigenvalue weighted by Gasteiger charge is 2.18. The predicted molar refractivity (Wildman–Crippen MR) is 190 cm³/mol. The number of aryl methyl sites for hydroxylation is 2. The average molecular weight is 565 g/mol. The van der Waals surface area contributed by atoms with Crippen LogP contribution < -0.4 is 5.32 Å². The smallest absolute Gasteiger partial charge is 0.0534 e. The van der Waals surface area contributed by atoms with Crippen molar-refractivity contribution in [3.63, 3.8) is 0 Å². The van der Waals surface area contributed by atoms with Crippen LogP contribution in [0.25, 0.3) is 44.9 Å². The van der Waals surface area contributed by atoms with Gasteiger partial charge in [-0.1, -0.05) is 80.3 Å². The van der Waals surface area contributed by atoms with Crippen LogP contribution in [0.5, 0.6) is 0 Å². The first-order chi connectivity index (χ1) is 20.7. The van der Waals surface area contributed by atoms with Gasteiger partial charge in [0, 0.05) is 28.7 Å². The monoisotopic (exact) mass is 564 g/mol. The molecule has 0 fully saturated rings. The van der Waals surface area contributed by atoms with Gasteiger partial charge in [0.1, 0.15) is 0 Å². The third kappa shape index (κ3) is 6.15. The van der Waals surface area contributed by atoms with Crippen molar-refractivity contribution in [1.82, 2.24) is 9.88 Å². The van der Waals surface area contributed by atoms with Crippen LogP contribution in [0.1, 0.15) is 74.0 Å². The molecule has 1 aliphatic rings. The van der Waals surface area contributed by atoms with E-state index in [1.165, 1.54) is 72.4 Å². The van der Waals surface area contributed by atoms with E-state index in [1.807, 2.05) is 0 Å². The summed E-state index contributed by atoms with van der Waals surface area (Å²) in [5, 5.41) is 4.74. The van der Waals surface area contributed by atoms with Gasteiger partial charge in [-0.25, -0.2) is 0 Å². The molecule has 218 valence electrons. The van der Waals surface area contributed by atoms with Crippen molar-refractivity contribution in [2.45, 2.75) is 60.8 Å². The van der Waals surface area contributed by atoms with Crippen molar-refractivity contribution < 1.29 is 0 Å². The Morgan fingerprint density at radius 1 is 0.977 bits per heavy atom. The van der Waals surface area contributed by atoms with Gasteiger partial charge in [0.2, 0.25) is 0 Å². The number of nitrogens with zero attached hydrogens (tertiary/aromatic N) is 1. The van der Waals surface area contributed by atoms with Crippen LogP contribution in [0, 0.1) is 13.8 Å². The summed E-state index contributed by atoms with van der Waals surface area (Å²) in [4.78, 5) is 0. The molecule has 0 radical (unpaired) electrons. The second-order valence-corrected chi connectivity index (χ2v) is 11.8. The van der Waals surface area contributed by atoms with Gasteiger partial charge in [0.25, 0.3) is 0 Å². The van der Waals surface area contributed by atoms with Crippen molar-refractivity contribution in [2.75, 3.05) is 0 Å². The summed E-state index contributed by atoms with van der Waals surface area (Å²) in [6.45, 7) is 21.7. The minimum atomic E-state index is 0.879. The molecule has 0 bridgehead atoms. The molecule has 0 amide bonds. The van der Waals surface area contributed by atoms with Crippen LogP contribution >= 0.6 is 0 Å². The normalized spacial score (nSPS) is 15.0. The zero-order valence-corrected chi connectivity index (χ0v) is 26.6. The Hall–Kier alpha value is -4.56. The van der Waals surface area contributed by atoms with Gasteiger partial charge in [-0.2, -0.15) is 0 Å². The summed E-state index contributed by atoms with van der Waals surface area (Å²) in [6, 6.07) is 22.2. The largest absolute Gasteiger partial charge is 0.362 e. The van der Waals surface area contributed by atoms with E-state index in [2.05, 4.69) is 156 Å². The quantitative estimate of drug-likeness (QED) is 0.211. The minimum Gasteiger partial charge on any atom is -0.362 e. The fraction of sp³-hybridized carbons (Fsp3) is 0.220. The Labute approximate surface area is 258 Å². The third-order valence-corrected chi connectivity index (χ3v) is 8.48. The summed E-state index contributed by atoms with van der Waals surface area (Å²) in [6.07, 6.45) is 13.7. The Bertz CT molecular complexity index is 1850. The first-order valence-electron chi connectivity index (χ1n) is 15.4. The van der Waals surface area contributed by atoms with E-state index < -0.39 is 0 Å². The van der Waals surface area contributed by atoms with E-state index in [0.29, 0.717) is 0 Å². The van der Waals surface area contributed by atoms with Gasteiger partial charge in [0.05, 0.1) is 5.52 Å².